The average Bonchev–Trinajstić information content (AvgIpc) is 3.19. The molecule has 5 heteroatoms. The predicted octanol–water partition coefficient (Wildman–Crippen LogP) is 2.76. The molecule has 0 aliphatic carbocycles. The molecule has 4 heterocycles. The molecule has 0 spiro atoms. The Labute approximate surface area is 131 Å². The number of anilines is 1. The largest absolute Gasteiger partial charge is 0.356 e. The van der Waals surface area contributed by atoms with Gasteiger partial charge in [0.2, 0.25) is 0 Å². The van der Waals surface area contributed by atoms with Gasteiger partial charge in [-0.3, -0.25) is 0 Å². The Morgan fingerprint density at radius 2 is 1.95 bits per heavy atom. The fourth-order valence-corrected chi connectivity index (χ4v) is 3.78. The first-order chi connectivity index (χ1) is 10.7. The fraction of sp³-hybridized carbons (Fsp3) is 0.647. The number of hydrogen-bond donors (Lipinski definition) is 1. The number of piperidine rings is 1. The van der Waals surface area contributed by atoms with Crippen molar-refractivity contribution in [1.29, 1.82) is 0 Å². The summed E-state index contributed by atoms with van der Waals surface area (Å²) >= 11 is 0. The van der Waals surface area contributed by atoms with E-state index in [-0.39, 0.29) is 0 Å². The first-order valence-corrected chi connectivity index (χ1v) is 8.59. The van der Waals surface area contributed by atoms with E-state index in [0.717, 1.165) is 36.7 Å². The van der Waals surface area contributed by atoms with Gasteiger partial charge in [0, 0.05) is 30.4 Å². The summed E-state index contributed by atoms with van der Waals surface area (Å²) in [6.07, 6.45) is 6.30. The van der Waals surface area contributed by atoms with Gasteiger partial charge in [-0.05, 0) is 46.1 Å². The lowest BCUT2D eigenvalue weighted by Crippen LogP contribution is -2.27. The molecule has 1 N–H and O–H groups in total. The Balaban J connectivity index is 1.82. The molecule has 5 nitrogen and oxygen atoms in total. The average molecular weight is 299 g/mol. The van der Waals surface area contributed by atoms with Gasteiger partial charge in [-0.25, -0.2) is 4.98 Å². The summed E-state index contributed by atoms with van der Waals surface area (Å²) in [6, 6.07) is 2.57. The van der Waals surface area contributed by atoms with Crippen LogP contribution in [0.2, 0.25) is 0 Å². The highest BCUT2D eigenvalue weighted by Crippen LogP contribution is 2.29. The van der Waals surface area contributed by atoms with E-state index in [1.54, 1.807) is 0 Å². The summed E-state index contributed by atoms with van der Waals surface area (Å²) in [5.74, 6) is 1.25. The smallest absolute Gasteiger partial charge is 0.157 e. The zero-order valence-corrected chi connectivity index (χ0v) is 13.6. The van der Waals surface area contributed by atoms with E-state index in [0.29, 0.717) is 6.04 Å². The van der Waals surface area contributed by atoms with Gasteiger partial charge in [0.15, 0.2) is 5.65 Å². The van der Waals surface area contributed by atoms with Gasteiger partial charge in [-0.1, -0.05) is 6.42 Å². The van der Waals surface area contributed by atoms with Crippen LogP contribution >= 0.6 is 0 Å². The molecule has 22 heavy (non-hydrogen) atoms. The van der Waals surface area contributed by atoms with Crippen molar-refractivity contribution in [2.75, 3.05) is 24.5 Å². The molecule has 4 rings (SSSR count). The first-order valence-electron chi connectivity index (χ1n) is 8.59. The molecule has 118 valence electrons. The molecule has 2 saturated heterocycles. The molecular weight excluding hydrogens is 274 g/mol. The highest BCUT2D eigenvalue weighted by molar-refractivity contribution is 5.57. The Morgan fingerprint density at radius 1 is 1.14 bits per heavy atom. The molecule has 0 bridgehead atoms. The number of rotatable bonds is 2. The van der Waals surface area contributed by atoms with E-state index in [2.05, 4.69) is 34.6 Å². The van der Waals surface area contributed by atoms with Gasteiger partial charge in [-0.15, -0.1) is 0 Å². The third-order valence-corrected chi connectivity index (χ3v) is 5.14. The van der Waals surface area contributed by atoms with Gasteiger partial charge in [0.05, 0.1) is 11.7 Å². The summed E-state index contributed by atoms with van der Waals surface area (Å²) in [6.45, 7) is 7.66. The molecule has 2 aliphatic rings. The second-order valence-electron chi connectivity index (χ2n) is 6.68. The van der Waals surface area contributed by atoms with Crippen LogP contribution in [0.4, 0.5) is 5.82 Å². The van der Waals surface area contributed by atoms with Crippen molar-refractivity contribution in [3.05, 3.63) is 23.0 Å². The molecule has 0 aromatic carbocycles. The first kappa shape index (κ1) is 14.0. The fourth-order valence-electron chi connectivity index (χ4n) is 3.78. The molecule has 1 unspecified atom stereocenters. The Bertz CT molecular complexity index is 678. The Kier molecular flexibility index (Phi) is 3.53. The van der Waals surface area contributed by atoms with Gasteiger partial charge in [0.1, 0.15) is 5.82 Å². The van der Waals surface area contributed by atoms with Gasteiger partial charge >= 0.3 is 0 Å². The summed E-state index contributed by atoms with van der Waals surface area (Å²) in [5, 5.41) is 8.53. The van der Waals surface area contributed by atoms with E-state index in [9.17, 15) is 0 Å². The Morgan fingerprint density at radius 3 is 2.68 bits per heavy atom. The lowest BCUT2D eigenvalue weighted by molar-refractivity contribution is 0.404. The second kappa shape index (κ2) is 5.54. The summed E-state index contributed by atoms with van der Waals surface area (Å²) < 4.78 is 2.08. The molecule has 2 aromatic heterocycles. The third-order valence-electron chi connectivity index (χ3n) is 5.14. The van der Waals surface area contributed by atoms with Crippen molar-refractivity contribution >= 4 is 11.5 Å². The number of hydrogen-bond acceptors (Lipinski definition) is 4. The van der Waals surface area contributed by atoms with Crippen LogP contribution in [0.3, 0.4) is 0 Å². The van der Waals surface area contributed by atoms with Crippen LogP contribution in [-0.2, 0) is 0 Å². The van der Waals surface area contributed by atoms with Crippen LogP contribution in [0.5, 0.6) is 0 Å². The molecule has 0 radical (unpaired) electrons. The van der Waals surface area contributed by atoms with E-state index in [1.807, 2.05) is 0 Å². The SMILES string of the molecule is Cc1nc2cc(C3CCCCN3)nn2c(N2CCCC2)c1C. The van der Waals surface area contributed by atoms with Gasteiger partial charge in [0.25, 0.3) is 0 Å². The van der Waals surface area contributed by atoms with E-state index < -0.39 is 0 Å². The second-order valence-corrected chi connectivity index (χ2v) is 6.68. The Hall–Kier alpha value is -1.62. The number of nitrogens with zero attached hydrogens (tertiary/aromatic N) is 4. The van der Waals surface area contributed by atoms with Crippen LogP contribution in [0.1, 0.15) is 55.1 Å². The summed E-state index contributed by atoms with van der Waals surface area (Å²) in [5.41, 5.74) is 4.53. The molecule has 1 atom stereocenters. The predicted molar refractivity (Wildman–Crippen MR) is 88.5 cm³/mol. The van der Waals surface area contributed by atoms with Crippen molar-refractivity contribution in [3.63, 3.8) is 0 Å². The van der Waals surface area contributed by atoms with Crippen LogP contribution in [0.25, 0.3) is 5.65 Å². The van der Waals surface area contributed by atoms with E-state index in [1.165, 1.54) is 43.5 Å². The van der Waals surface area contributed by atoms with Crippen LogP contribution < -0.4 is 10.2 Å². The quantitative estimate of drug-likeness (QED) is 0.926. The van der Waals surface area contributed by atoms with E-state index in [4.69, 9.17) is 10.1 Å². The number of aromatic nitrogens is 3. The summed E-state index contributed by atoms with van der Waals surface area (Å²) in [4.78, 5) is 7.24. The minimum atomic E-state index is 0.391. The van der Waals surface area contributed by atoms with Crippen LogP contribution in [0.15, 0.2) is 6.07 Å². The van der Waals surface area contributed by atoms with Crippen molar-refractivity contribution in [2.24, 2.45) is 0 Å². The minimum Gasteiger partial charge on any atom is -0.356 e. The zero-order chi connectivity index (χ0) is 15.1. The lowest BCUT2D eigenvalue weighted by atomic mass is 10.0. The van der Waals surface area contributed by atoms with Crippen LogP contribution in [0, 0.1) is 13.8 Å². The maximum atomic E-state index is 4.93. The topological polar surface area (TPSA) is 45.5 Å². The molecule has 0 amide bonds. The molecule has 0 saturated carbocycles. The maximum absolute atomic E-state index is 4.93. The van der Waals surface area contributed by atoms with Crippen molar-refractivity contribution < 1.29 is 0 Å². The van der Waals surface area contributed by atoms with Crippen molar-refractivity contribution in [3.8, 4) is 0 Å². The summed E-state index contributed by atoms with van der Waals surface area (Å²) in [7, 11) is 0. The monoisotopic (exact) mass is 299 g/mol. The van der Waals surface area contributed by atoms with Gasteiger partial charge < -0.3 is 10.2 Å². The number of aryl methyl sites for hydroxylation is 1. The van der Waals surface area contributed by atoms with Gasteiger partial charge in [-0.2, -0.15) is 9.61 Å². The zero-order valence-electron chi connectivity index (χ0n) is 13.6. The molecule has 2 aromatic rings. The van der Waals surface area contributed by atoms with Crippen molar-refractivity contribution in [2.45, 2.75) is 52.0 Å². The molecular formula is C17H25N5. The van der Waals surface area contributed by atoms with Crippen molar-refractivity contribution in [1.82, 2.24) is 19.9 Å². The highest BCUT2D eigenvalue weighted by atomic mass is 15.4. The lowest BCUT2D eigenvalue weighted by Gasteiger charge is -2.22. The third kappa shape index (κ3) is 2.28. The highest BCUT2D eigenvalue weighted by Gasteiger charge is 2.23. The maximum Gasteiger partial charge on any atom is 0.157 e. The number of nitrogens with one attached hydrogen (secondary N) is 1. The van der Waals surface area contributed by atoms with Crippen LogP contribution in [-0.4, -0.2) is 34.2 Å². The molecule has 2 aliphatic heterocycles. The standard InChI is InChI=1S/C17H25N5/c1-12-13(2)19-16-11-15(14-7-3-4-8-18-14)20-22(16)17(12)21-9-5-6-10-21/h11,14,18H,3-10H2,1-2H3. The number of fused-ring (bicyclic) bond motifs is 1. The normalized spacial score (nSPS) is 22.6. The minimum absolute atomic E-state index is 0.391. The van der Waals surface area contributed by atoms with E-state index >= 15 is 0 Å². The molecule has 2 fully saturated rings.